The summed E-state index contributed by atoms with van der Waals surface area (Å²) in [6.07, 6.45) is 8.29. The fourth-order valence-corrected chi connectivity index (χ4v) is 1.27. The van der Waals surface area contributed by atoms with Crippen molar-refractivity contribution in [2.45, 2.75) is 25.7 Å². The summed E-state index contributed by atoms with van der Waals surface area (Å²) in [6.45, 7) is 3.69. The van der Waals surface area contributed by atoms with Crippen molar-refractivity contribution < 1.29 is 0 Å². The van der Waals surface area contributed by atoms with E-state index in [1.165, 1.54) is 18.4 Å². The van der Waals surface area contributed by atoms with Crippen molar-refractivity contribution in [1.82, 2.24) is 4.98 Å². The summed E-state index contributed by atoms with van der Waals surface area (Å²) in [6, 6.07) is 3.96. The molecular weight excluding hydrogens is 160 g/mol. The van der Waals surface area contributed by atoms with E-state index < -0.39 is 0 Å². The zero-order valence-corrected chi connectivity index (χ0v) is 7.87. The number of hydrogen-bond acceptors (Lipinski definition) is 2. The van der Waals surface area contributed by atoms with Crippen LogP contribution < -0.4 is 5.73 Å². The largest absolute Gasteiger partial charge is 0.384 e. The van der Waals surface area contributed by atoms with E-state index >= 15 is 0 Å². The Bertz CT molecular complexity index is 269. The van der Waals surface area contributed by atoms with E-state index in [0.29, 0.717) is 5.82 Å². The van der Waals surface area contributed by atoms with Crippen LogP contribution in [0, 0.1) is 0 Å². The Morgan fingerprint density at radius 3 is 3.00 bits per heavy atom. The number of nitrogens with zero attached hydrogens (tertiary/aromatic N) is 1. The third-order valence-electron chi connectivity index (χ3n) is 1.97. The van der Waals surface area contributed by atoms with Gasteiger partial charge < -0.3 is 5.73 Å². The van der Waals surface area contributed by atoms with Gasteiger partial charge in [0.05, 0.1) is 0 Å². The first-order valence-corrected chi connectivity index (χ1v) is 4.64. The van der Waals surface area contributed by atoms with Crippen LogP contribution in [0.25, 0.3) is 0 Å². The molecule has 0 saturated heterocycles. The summed E-state index contributed by atoms with van der Waals surface area (Å²) < 4.78 is 0. The number of aryl methyl sites for hydroxylation is 1. The van der Waals surface area contributed by atoms with Gasteiger partial charge >= 0.3 is 0 Å². The predicted octanol–water partition coefficient (Wildman–Crippen LogP) is 2.56. The average molecular weight is 176 g/mol. The van der Waals surface area contributed by atoms with Crippen molar-refractivity contribution in [3.63, 3.8) is 0 Å². The Hall–Kier alpha value is -1.31. The van der Waals surface area contributed by atoms with Crippen LogP contribution >= 0.6 is 0 Å². The number of rotatable bonds is 5. The lowest BCUT2D eigenvalue weighted by molar-refractivity contribution is 0.748. The van der Waals surface area contributed by atoms with Gasteiger partial charge in [0.25, 0.3) is 0 Å². The first kappa shape index (κ1) is 9.78. The number of hydrogen-bond donors (Lipinski definition) is 1. The molecule has 0 aliphatic carbocycles. The van der Waals surface area contributed by atoms with Gasteiger partial charge in [-0.05, 0) is 43.4 Å². The minimum atomic E-state index is 0.612. The van der Waals surface area contributed by atoms with E-state index in [4.69, 9.17) is 5.73 Å². The average Bonchev–Trinajstić information content (AvgIpc) is 2.13. The maximum Gasteiger partial charge on any atom is 0.123 e. The van der Waals surface area contributed by atoms with Crippen LogP contribution in [0.4, 0.5) is 5.82 Å². The highest BCUT2D eigenvalue weighted by Crippen LogP contribution is 2.08. The molecule has 2 nitrogen and oxygen atoms in total. The summed E-state index contributed by atoms with van der Waals surface area (Å²) in [7, 11) is 0. The van der Waals surface area contributed by atoms with Crippen LogP contribution in [-0.4, -0.2) is 4.98 Å². The first-order chi connectivity index (χ1) is 6.33. The number of aromatic nitrogens is 1. The number of nitrogen functional groups attached to an aromatic ring is 1. The molecule has 1 aromatic heterocycles. The van der Waals surface area contributed by atoms with E-state index in [0.717, 1.165) is 12.8 Å². The van der Waals surface area contributed by atoms with Gasteiger partial charge in [-0.3, -0.25) is 0 Å². The van der Waals surface area contributed by atoms with Crippen molar-refractivity contribution in [3.8, 4) is 0 Å². The van der Waals surface area contributed by atoms with Crippen molar-refractivity contribution in [1.29, 1.82) is 0 Å². The second kappa shape index (κ2) is 5.36. The Balaban J connectivity index is 2.32. The van der Waals surface area contributed by atoms with E-state index in [1.54, 1.807) is 6.20 Å². The molecule has 0 bridgehead atoms. The van der Waals surface area contributed by atoms with Crippen molar-refractivity contribution in [2.75, 3.05) is 5.73 Å². The van der Waals surface area contributed by atoms with Crippen LogP contribution in [0.15, 0.2) is 31.0 Å². The quantitative estimate of drug-likeness (QED) is 0.553. The lowest BCUT2D eigenvalue weighted by Crippen LogP contribution is -1.92. The molecule has 0 aliphatic rings. The lowest BCUT2D eigenvalue weighted by Gasteiger charge is -2.00. The number of unbranched alkanes of at least 4 members (excludes halogenated alkanes) is 2. The van der Waals surface area contributed by atoms with Crippen molar-refractivity contribution in [3.05, 3.63) is 36.5 Å². The van der Waals surface area contributed by atoms with Crippen molar-refractivity contribution >= 4 is 5.82 Å². The summed E-state index contributed by atoms with van der Waals surface area (Å²) >= 11 is 0. The lowest BCUT2D eigenvalue weighted by atomic mass is 10.1. The van der Waals surface area contributed by atoms with Gasteiger partial charge in [-0.2, -0.15) is 0 Å². The molecule has 1 aromatic rings. The molecule has 0 fully saturated rings. The number of nitrogens with two attached hydrogens (primary N) is 1. The second-order valence-corrected chi connectivity index (χ2v) is 3.12. The van der Waals surface area contributed by atoms with Gasteiger partial charge in [0, 0.05) is 6.20 Å². The van der Waals surface area contributed by atoms with E-state index in [-0.39, 0.29) is 0 Å². The zero-order chi connectivity index (χ0) is 9.52. The molecule has 0 radical (unpaired) electrons. The molecule has 2 heteroatoms. The highest BCUT2D eigenvalue weighted by atomic mass is 14.8. The third kappa shape index (κ3) is 3.74. The Morgan fingerprint density at radius 2 is 2.31 bits per heavy atom. The molecule has 0 aliphatic heterocycles. The van der Waals surface area contributed by atoms with Gasteiger partial charge in [-0.25, -0.2) is 4.98 Å². The summed E-state index contributed by atoms with van der Waals surface area (Å²) in [5, 5.41) is 0. The monoisotopic (exact) mass is 176 g/mol. The Morgan fingerprint density at radius 1 is 1.46 bits per heavy atom. The second-order valence-electron chi connectivity index (χ2n) is 3.12. The number of allylic oxidation sites excluding steroid dienone is 1. The number of anilines is 1. The minimum absolute atomic E-state index is 0.612. The molecule has 1 rings (SSSR count). The van der Waals surface area contributed by atoms with Crippen LogP contribution in [0.3, 0.4) is 0 Å². The molecule has 0 spiro atoms. The maximum absolute atomic E-state index is 5.56. The standard InChI is InChI=1S/C11H16N2/c1-2-3-4-5-6-10-7-8-13-11(12)9-10/h2,7-9H,1,3-6H2,(H2,12,13). The molecule has 70 valence electrons. The normalized spacial score (nSPS) is 9.85. The smallest absolute Gasteiger partial charge is 0.123 e. The highest BCUT2D eigenvalue weighted by Gasteiger charge is 1.93. The Labute approximate surface area is 79.5 Å². The van der Waals surface area contributed by atoms with E-state index in [2.05, 4.69) is 11.6 Å². The van der Waals surface area contributed by atoms with Crippen molar-refractivity contribution in [2.24, 2.45) is 0 Å². The molecule has 2 N–H and O–H groups in total. The van der Waals surface area contributed by atoms with E-state index in [9.17, 15) is 0 Å². The fourth-order valence-electron chi connectivity index (χ4n) is 1.27. The molecule has 0 atom stereocenters. The third-order valence-corrected chi connectivity index (χ3v) is 1.97. The van der Waals surface area contributed by atoms with Crippen LogP contribution in [-0.2, 0) is 6.42 Å². The molecule has 1 heterocycles. The highest BCUT2D eigenvalue weighted by molar-refractivity contribution is 5.31. The summed E-state index contributed by atoms with van der Waals surface area (Å²) in [4.78, 5) is 3.95. The summed E-state index contributed by atoms with van der Waals surface area (Å²) in [5.41, 5.74) is 6.84. The summed E-state index contributed by atoms with van der Waals surface area (Å²) in [5.74, 6) is 0.612. The minimum Gasteiger partial charge on any atom is -0.384 e. The van der Waals surface area contributed by atoms with Gasteiger partial charge in [-0.1, -0.05) is 6.08 Å². The van der Waals surface area contributed by atoms with Gasteiger partial charge in [0.15, 0.2) is 0 Å². The Kier molecular flexibility index (Phi) is 4.03. The maximum atomic E-state index is 5.56. The predicted molar refractivity (Wildman–Crippen MR) is 56.4 cm³/mol. The van der Waals surface area contributed by atoms with E-state index in [1.807, 2.05) is 18.2 Å². The first-order valence-electron chi connectivity index (χ1n) is 4.64. The SMILES string of the molecule is C=CCCCCc1ccnc(N)c1. The molecule has 0 saturated carbocycles. The van der Waals surface area contributed by atoms with Crippen LogP contribution in [0.1, 0.15) is 24.8 Å². The molecule has 0 unspecified atom stereocenters. The van der Waals surface area contributed by atoms with Gasteiger partial charge in [0.1, 0.15) is 5.82 Å². The molecule has 0 aromatic carbocycles. The fraction of sp³-hybridized carbons (Fsp3) is 0.364. The van der Waals surface area contributed by atoms with Gasteiger partial charge in [0.2, 0.25) is 0 Å². The van der Waals surface area contributed by atoms with Crippen LogP contribution in [0.5, 0.6) is 0 Å². The number of pyridine rings is 1. The zero-order valence-electron chi connectivity index (χ0n) is 7.87. The van der Waals surface area contributed by atoms with Gasteiger partial charge in [-0.15, -0.1) is 6.58 Å². The molecule has 13 heavy (non-hydrogen) atoms. The van der Waals surface area contributed by atoms with Crippen LogP contribution in [0.2, 0.25) is 0 Å². The molecule has 0 amide bonds. The molecular formula is C11H16N2. The topological polar surface area (TPSA) is 38.9 Å².